The molecule has 110 valence electrons. The van der Waals surface area contributed by atoms with E-state index in [-0.39, 0.29) is 0 Å². The summed E-state index contributed by atoms with van der Waals surface area (Å²) in [6.07, 6.45) is 1.09. The van der Waals surface area contributed by atoms with Crippen molar-refractivity contribution in [2.75, 3.05) is 7.11 Å². The summed E-state index contributed by atoms with van der Waals surface area (Å²) in [4.78, 5) is 10.7. The molecular weight excluding hydrogens is 266 g/mol. The first-order chi connectivity index (χ1) is 10.1. The van der Waals surface area contributed by atoms with Crippen LogP contribution in [0.5, 0.6) is 5.75 Å². The van der Waals surface area contributed by atoms with Gasteiger partial charge in [0.2, 0.25) is 0 Å². The van der Waals surface area contributed by atoms with E-state index in [4.69, 9.17) is 15.6 Å². The van der Waals surface area contributed by atoms with Crippen LogP contribution in [0.25, 0.3) is 11.1 Å². The topological polar surface area (TPSA) is 72.5 Å². The largest absolute Gasteiger partial charge is 0.496 e. The van der Waals surface area contributed by atoms with E-state index in [2.05, 4.69) is 0 Å². The lowest BCUT2D eigenvalue weighted by Crippen LogP contribution is -2.30. The van der Waals surface area contributed by atoms with Crippen LogP contribution >= 0.6 is 0 Å². The van der Waals surface area contributed by atoms with Gasteiger partial charge in [0, 0.05) is 5.56 Å². The highest BCUT2D eigenvalue weighted by Crippen LogP contribution is 2.29. The van der Waals surface area contributed by atoms with Crippen molar-refractivity contribution in [3.8, 4) is 16.9 Å². The predicted octanol–water partition coefficient (Wildman–Crippen LogP) is 2.71. The number of carboxylic acids is 1. The molecule has 0 aromatic heterocycles. The van der Waals surface area contributed by atoms with Crippen LogP contribution < -0.4 is 10.5 Å². The quantitative estimate of drug-likeness (QED) is 0.856. The molecule has 4 heteroatoms. The molecule has 0 aliphatic heterocycles. The number of carboxylic acid groups (broad SMARTS) is 1. The molecule has 0 saturated heterocycles. The summed E-state index contributed by atoms with van der Waals surface area (Å²) in [6, 6.07) is 15.1. The van der Waals surface area contributed by atoms with Crippen LogP contribution in [0.15, 0.2) is 48.5 Å². The van der Waals surface area contributed by atoms with Crippen molar-refractivity contribution in [2.45, 2.75) is 18.9 Å². The van der Waals surface area contributed by atoms with Crippen molar-refractivity contribution in [3.05, 3.63) is 54.1 Å². The van der Waals surface area contributed by atoms with E-state index in [1.165, 1.54) is 0 Å². The molecule has 0 aliphatic rings. The summed E-state index contributed by atoms with van der Waals surface area (Å²) in [7, 11) is 1.65. The third kappa shape index (κ3) is 3.83. The maximum Gasteiger partial charge on any atom is 0.320 e. The molecule has 1 unspecified atom stereocenters. The normalized spacial score (nSPS) is 11.9. The van der Waals surface area contributed by atoms with Crippen LogP contribution in [0.4, 0.5) is 0 Å². The van der Waals surface area contributed by atoms with Gasteiger partial charge in [0.05, 0.1) is 7.11 Å². The minimum absolute atomic E-state index is 0.434. The number of carbonyl (C=O) groups is 1. The third-order valence-corrected chi connectivity index (χ3v) is 3.43. The maximum atomic E-state index is 10.7. The van der Waals surface area contributed by atoms with E-state index < -0.39 is 12.0 Å². The van der Waals surface area contributed by atoms with Crippen molar-refractivity contribution in [1.82, 2.24) is 0 Å². The molecule has 2 aromatic carbocycles. The summed E-state index contributed by atoms with van der Waals surface area (Å²) in [6.45, 7) is 0. The summed E-state index contributed by atoms with van der Waals surface area (Å²) in [5, 5.41) is 8.77. The van der Waals surface area contributed by atoms with Crippen LogP contribution in [-0.2, 0) is 11.2 Å². The Morgan fingerprint density at radius 1 is 1.19 bits per heavy atom. The first-order valence-corrected chi connectivity index (χ1v) is 6.82. The average molecular weight is 285 g/mol. The van der Waals surface area contributed by atoms with Gasteiger partial charge in [0.1, 0.15) is 11.8 Å². The summed E-state index contributed by atoms with van der Waals surface area (Å²) < 4.78 is 5.35. The molecule has 0 spiro atoms. The Morgan fingerprint density at radius 3 is 2.48 bits per heavy atom. The molecule has 0 amide bonds. The zero-order chi connectivity index (χ0) is 15.2. The molecule has 0 radical (unpaired) electrons. The van der Waals surface area contributed by atoms with E-state index in [0.29, 0.717) is 12.8 Å². The van der Waals surface area contributed by atoms with E-state index in [1.807, 2.05) is 48.5 Å². The predicted molar refractivity (Wildman–Crippen MR) is 82.4 cm³/mol. The second-order valence-corrected chi connectivity index (χ2v) is 4.88. The fourth-order valence-corrected chi connectivity index (χ4v) is 2.18. The van der Waals surface area contributed by atoms with Gasteiger partial charge in [0.15, 0.2) is 0 Å². The van der Waals surface area contributed by atoms with Gasteiger partial charge in [-0.1, -0.05) is 42.5 Å². The lowest BCUT2D eigenvalue weighted by atomic mass is 10.00. The number of aryl methyl sites for hydroxylation is 1. The van der Waals surface area contributed by atoms with Crippen molar-refractivity contribution < 1.29 is 14.6 Å². The highest BCUT2D eigenvalue weighted by atomic mass is 16.5. The van der Waals surface area contributed by atoms with Gasteiger partial charge in [0.25, 0.3) is 0 Å². The number of hydrogen-bond donors (Lipinski definition) is 2. The van der Waals surface area contributed by atoms with Crippen molar-refractivity contribution >= 4 is 5.97 Å². The molecule has 0 bridgehead atoms. The Labute approximate surface area is 124 Å². The summed E-state index contributed by atoms with van der Waals surface area (Å²) in [5.41, 5.74) is 8.69. The minimum atomic E-state index is -0.958. The van der Waals surface area contributed by atoms with Crippen molar-refractivity contribution in [1.29, 1.82) is 0 Å². The second-order valence-electron chi connectivity index (χ2n) is 4.88. The molecule has 0 fully saturated rings. The van der Waals surface area contributed by atoms with Gasteiger partial charge in [-0.05, 0) is 30.0 Å². The van der Waals surface area contributed by atoms with Gasteiger partial charge < -0.3 is 15.6 Å². The van der Waals surface area contributed by atoms with Gasteiger partial charge in [-0.25, -0.2) is 0 Å². The molecule has 4 nitrogen and oxygen atoms in total. The molecule has 0 saturated carbocycles. The van der Waals surface area contributed by atoms with E-state index in [1.54, 1.807) is 7.11 Å². The SMILES string of the molecule is COc1ccccc1-c1ccc(CCC(N)C(=O)O)cc1. The standard InChI is InChI=1S/C17H19NO3/c1-21-16-5-3-2-4-14(16)13-9-6-12(7-10-13)8-11-15(18)17(19)20/h2-7,9-10,15H,8,11,18H2,1H3,(H,19,20). The van der Waals surface area contributed by atoms with Gasteiger partial charge in [-0.3, -0.25) is 4.79 Å². The number of aliphatic carboxylic acids is 1. The number of rotatable bonds is 6. The fraction of sp³-hybridized carbons (Fsp3) is 0.235. The van der Waals surface area contributed by atoms with Gasteiger partial charge in [-0.2, -0.15) is 0 Å². The highest BCUT2D eigenvalue weighted by molar-refractivity contribution is 5.73. The summed E-state index contributed by atoms with van der Waals surface area (Å²) >= 11 is 0. The molecule has 0 aliphatic carbocycles. The first kappa shape index (κ1) is 15.1. The molecule has 21 heavy (non-hydrogen) atoms. The first-order valence-electron chi connectivity index (χ1n) is 6.82. The lowest BCUT2D eigenvalue weighted by molar-refractivity contribution is -0.138. The smallest absolute Gasteiger partial charge is 0.320 e. The lowest BCUT2D eigenvalue weighted by Gasteiger charge is -2.10. The zero-order valence-corrected chi connectivity index (χ0v) is 12.0. The van der Waals surface area contributed by atoms with E-state index >= 15 is 0 Å². The summed E-state index contributed by atoms with van der Waals surface area (Å²) in [5.74, 6) is -0.126. The maximum absolute atomic E-state index is 10.7. The molecule has 1 atom stereocenters. The Hall–Kier alpha value is -2.33. The second kappa shape index (κ2) is 6.90. The Bertz CT molecular complexity index is 608. The number of ether oxygens (including phenoxy) is 1. The molecule has 2 aromatic rings. The molecule has 2 rings (SSSR count). The number of nitrogens with two attached hydrogens (primary N) is 1. The Morgan fingerprint density at radius 2 is 1.86 bits per heavy atom. The van der Waals surface area contributed by atoms with E-state index in [9.17, 15) is 4.79 Å². The zero-order valence-electron chi connectivity index (χ0n) is 12.0. The van der Waals surface area contributed by atoms with E-state index in [0.717, 1.165) is 22.4 Å². The van der Waals surface area contributed by atoms with Gasteiger partial charge >= 0.3 is 5.97 Å². The number of methoxy groups -OCH3 is 1. The Balaban J connectivity index is 2.10. The molecule has 0 heterocycles. The highest BCUT2D eigenvalue weighted by Gasteiger charge is 2.11. The number of para-hydroxylation sites is 1. The average Bonchev–Trinajstić information content (AvgIpc) is 2.53. The van der Waals surface area contributed by atoms with Crippen LogP contribution in [0, 0.1) is 0 Å². The van der Waals surface area contributed by atoms with Crippen LogP contribution in [0.3, 0.4) is 0 Å². The number of hydrogen-bond acceptors (Lipinski definition) is 3. The third-order valence-electron chi connectivity index (χ3n) is 3.43. The monoisotopic (exact) mass is 285 g/mol. The Kier molecular flexibility index (Phi) is 4.95. The molecule has 3 N–H and O–H groups in total. The van der Waals surface area contributed by atoms with Crippen molar-refractivity contribution in [2.24, 2.45) is 5.73 Å². The van der Waals surface area contributed by atoms with Crippen LogP contribution in [0.2, 0.25) is 0 Å². The van der Waals surface area contributed by atoms with Gasteiger partial charge in [-0.15, -0.1) is 0 Å². The number of benzene rings is 2. The molecular formula is C17H19NO3. The van der Waals surface area contributed by atoms with Crippen LogP contribution in [0.1, 0.15) is 12.0 Å². The fourth-order valence-electron chi connectivity index (χ4n) is 2.18. The van der Waals surface area contributed by atoms with Crippen LogP contribution in [-0.4, -0.2) is 24.2 Å². The van der Waals surface area contributed by atoms with Crippen molar-refractivity contribution in [3.63, 3.8) is 0 Å². The minimum Gasteiger partial charge on any atom is -0.496 e.